The van der Waals surface area contributed by atoms with Crippen molar-refractivity contribution >= 4 is 7.82 Å². The Morgan fingerprint density at radius 3 is 2.54 bits per heavy atom. The molecule has 0 saturated carbocycles. The maximum Gasteiger partial charge on any atom is 0.474 e. The third-order valence-corrected chi connectivity index (χ3v) is 2.38. The molecule has 0 aliphatic carbocycles. The van der Waals surface area contributed by atoms with Gasteiger partial charge in [-0.05, 0) is 12.8 Å². The molecule has 2 unspecified atom stereocenters. The average molecular weight is 212 g/mol. The molecule has 0 saturated heterocycles. The fourth-order valence-electron chi connectivity index (χ4n) is 0.583. The molecule has 0 radical (unpaired) electrons. The van der Waals surface area contributed by atoms with Crippen LogP contribution < -0.4 is 0 Å². The molecule has 0 heterocycles. The first-order valence-corrected chi connectivity index (χ1v) is 5.85. The number of rotatable bonds is 7. The molecule has 6 heteroatoms. The highest BCUT2D eigenvalue weighted by molar-refractivity contribution is 7.47. The Labute approximate surface area is 78.3 Å². The number of aliphatic hydroxyl groups is 1. The van der Waals surface area contributed by atoms with E-state index < -0.39 is 14.1 Å². The van der Waals surface area contributed by atoms with E-state index in [0.29, 0.717) is 6.42 Å². The van der Waals surface area contributed by atoms with Crippen molar-refractivity contribution in [3.63, 3.8) is 0 Å². The second-order valence-corrected chi connectivity index (χ2v) is 4.03. The van der Waals surface area contributed by atoms with Crippen molar-refractivity contribution in [1.82, 2.24) is 0 Å². The SMILES string of the molecule is CCCCOP(=O)(O)OC(O)CC. The Balaban J connectivity index is 3.73. The van der Waals surface area contributed by atoms with Gasteiger partial charge in [-0.1, -0.05) is 20.3 Å². The molecule has 0 spiro atoms. The molecular weight excluding hydrogens is 195 g/mol. The first-order valence-electron chi connectivity index (χ1n) is 4.35. The van der Waals surface area contributed by atoms with Crippen molar-refractivity contribution in [3.05, 3.63) is 0 Å². The molecule has 13 heavy (non-hydrogen) atoms. The van der Waals surface area contributed by atoms with Crippen LogP contribution in [0.3, 0.4) is 0 Å². The van der Waals surface area contributed by atoms with Gasteiger partial charge in [0.05, 0.1) is 6.61 Å². The lowest BCUT2D eigenvalue weighted by molar-refractivity contribution is -0.0437. The lowest BCUT2D eigenvalue weighted by Gasteiger charge is -2.14. The first-order chi connectivity index (χ1) is 6.02. The predicted octanol–water partition coefficient (Wildman–Crippen LogP) is 1.65. The van der Waals surface area contributed by atoms with Gasteiger partial charge in [-0.15, -0.1) is 0 Å². The quantitative estimate of drug-likeness (QED) is 0.381. The minimum absolute atomic E-state index is 0.167. The van der Waals surface area contributed by atoms with Crippen molar-refractivity contribution in [1.29, 1.82) is 0 Å². The van der Waals surface area contributed by atoms with E-state index in [1.807, 2.05) is 6.92 Å². The zero-order valence-corrected chi connectivity index (χ0v) is 8.87. The smallest absolute Gasteiger partial charge is 0.367 e. The lowest BCUT2D eigenvalue weighted by atomic mass is 10.4. The van der Waals surface area contributed by atoms with E-state index >= 15 is 0 Å². The largest absolute Gasteiger partial charge is 0.474 e. The Hall–Kier alpha value is 0.0700. The van der Waals surface area contributed by atoms with E-state index in [4.69, 9.17) is 10.00 Å². The van der Waals surface area contributed by atoms with E-state index in [2.05, 4.69) is 9.05 Å². The van der Waals surface area contributed by atoms with Gasteiger partial charge < -0.3 is 10.00 Å². The Morgan fingerprint density at radius 1 is 1.46 bits per heavy atom. The number of phosphoric acid groups is 1. The first kappa shape index (κ1) is 13.1. The molecule has 0 bridgehead atoms. The van der Waals surface area contributed by atoms with Crippen LogP contribution in [0.2, 0.25) is 0 Å². The molecule has 2 N–H and O–H groups in total. The second kappa shape index (κ2) is 6.51. The standard InChI is InChI=1S/C7H17O5P/c1-3-5-6-11-13(9,10)12-7(8)4-2/h7-8H,3-6H2,1-2H3,(H,9,10). The fraction of sp³-hybridized carbons (Fsp3) is 1.00. The number of hydrogen-bond acceptors (Lipinski definition) is 4. The van der Waals surface area contributed by atoms with Crippen molar-refractivity contribution in [3.8, 4) is 0 Å². The van der Waals surface area contributed by atoms with Gasteiger partial charge in [-0.2, -0.15) is 0 Å². The third kappa shape index (κ3) is 7.16. The van der Waals surface area contributed by atoms with Gasteiger partial charge >= 0.3 is 7.82 Å². The highest BCUT2D eigenvalue weighted by atomic mass is 31.2. The van der Waals surface area contributed by atoms with Gasteiger partial charge in [0, 0.05) is 0 Å². The van der Waals surface area contributed by atoms with Crippen LogP contribution in [0, 0.1) is 0 Å². The summed E-state index contributed by atoms with van der Waals surface area (Å²) < 4.78 is 20.0. The van der Waals surface area contributed by atoms with Crippen LogP contribution in [-0.4, -0.2) is 22.9 Å². The van der Waals surface area contributed by atoms with Gasteiger partial charge in [-0.25, -0.2) is 4.57 Å². The summed E-state index contributed by atoms with van der Waals surface area (Å²) >= 11 is 0. The molecule has 0 rings (SSSR count). The summed E-state index contributed by atoms with van der Waals surface area (Å²) in [4.78, 5) is 8.99. The Bertz CT molecular complexity index is 172. The molecule has 80 valence electrons. The molecule has 0 aliphatic heterocycles. The van der Waals surface area contributed by atoms with Crippen molar-refractivity contribution in [2.45, 2.75) is 39.4 Å². The minimum atomic E-state index is -4.04. The predicted molar refractivity (Wildman–Crippen MR) is 48.1 cm³/mol. The van der Waals surface area contributed by atoms with E-state index in [-0.39, 0.29) is 13.0 Å². The Kier molecular flexibility index (Phi) is 6.55. The van der Waals surface area contributed by atoms with Crippen molar-refractivity contribution in [2.24, 2.45) is 0 Å². The van der Waals surface area contributed by atoms with Gasteiger partial charge in [0.1, 0.15) is 0 Å². The summed E-state index contributed by atoms with van der Waals surface area (Å²) in [6, 6.07) is 0. The molecule has 2 atom stereocenters. The van der Waals surface area contributed by atoms with E-state index in [1.54, 1.807) is 6.92 Å². The molecular formula is C7H17O5P. The molecule has 0 aromatic rings. The van der Waals surface area contributed by atoms with Crippen molar-refractivity contribution in [2.75, 3.05) is 6.61 Å². The normalized spacial score (nSPS) is 18.2. The topological polar surface area (TPSA) is 76.0 Å². The van der Waals surface area contributed by atoms with Crippen LogP contribution in [0.5, 0.6) is 0 Å². The molecule has 5 nitrogen and oxygen atoms in total. The van der Waals surface area contributed by atoms with Crippen LogP contribution in [0.15, 0.2) is 0 Å². The van der Waals surface area contributed by atoms with Gasteiger partial charge in [-0.3, -0.25) is 9.05 Å². The van der Waals surface area contributed by atoms with E-state index in [0.717, 1.165) is 6.42 Å². The summed E-state index contributed by atoms with van der Waals surface area (Å²) in [6.07, 6.45) is 0.575. The lowest BCUT2D eigenvalue weighted by Crippen LogP contribution is -2.09. The fourth-order valence-corrected chi connectivity index (χ4v) is 1.46. The third-order valence-electron chi connectivity index (χ3n) is 1.36. The van der Waals surface area contributed by atoms with Crippen LogP contribution in [0.1, 0.15) is 33.1 Å². The molecule has 0 aromatic carbocycles. The highest BCUT2D eigenvalue weighted by Gasteiger charge is 2.23. The summed E-state index contributed by atoms with van der Waals surface area (Å²) in [5, 5.41) is 8.92. The van der Waals surface area contributed by atoms with E-state index in [9.17, 15) is 4.57 Å². The van der Waals surface area contributed by atoms with Gasteiger partial charge in [0.2, 0.25) is 0 Å². The summed E-state index contributed by atoms with van der Waals surface area (Å²) in [7, 11) is -4.04. The zero-order chi connectivity index (χ0) is 10.3. The number of aliphatic hydroxyl groups excluding tert-OH is 1. The van der Waals surface area contributed by atoms with Crippen molar-refractivity contribution < 1.29 is 23.6 Å². The monoisotopic (exact) mass is 212 g/mol. The summed E-state index contributed by atoms with van der Waals surface area (Å²) in [5.74, 6) is 0. The molecule has 0 amide bonds. The zero-order valence-electron chi connectivity index (χ0n) is 7.97. The van der Waals surface area contributed by atoms with Crippen LogP contribution >= 0.6 is 7.82 Å². The average Bonchev–Trinajstić information content (AvgIpc) is 2.03. The number of hydrogen-bond donors (Lipinski definition) is 2. The molecule has 0 fully saturated rings. The second-order valence-electron chi connectivity index (χ2n) is 2.62. The maximum absolute atomic E-state index is 11.0. The van der Waals surface area contributed by atoms with Crippen LogP contribution in [0.25, 0.3) is 0 Å². The highest BCUT2D eigenvalue weighted by Crippen LogP contribution is 2.44. The van der Waals surface area contributed by atoms with Gasteiger partial charge in [0.15, 0.2) is 6.29 Å². The van der Waals surface area contributed by atoms with E-state index in [1.165, 1.54) is 0 Å². The van der Waals surface area contributed by atoms with Gasteiger partial charge in [0.25, 0.3) is 0 Å². The molecule has 0 aliphatic rings. The number of unbranched alkanes of at least 4 members (excludes halogenated alkanes) is 1. The number of phosphoric ester groups is 1. The van der Waals surface area contributed by atoms with Crippen LogP contribution in [0.4, 0.5) is 0 Å². The van der Waals surface area contributed by atoms with Crippen LogP contribution in [-0.2, 0) is 13.6 Å². The Morgan fingerprint density at radius 2 is 2.08 bits per heavy atom. The summed E-state index contributed by atoms with van der Waals surface area (Å²) in [5.41, 5.74) is 0. The summed E-state index contributed by atoms with van der Waals surface area (Å²) in [6.45, 7) is 3.74. The minimum Gasteiger partial charge on any atom is -0.367 e. The molecule has 0 aromatic heterocycles. The maximum atomic E-state index is 11.0.